The van der Waals surface area contributed by atoms with Crippen LogP contribution in [0.3, 0.4) is 0 Å². The summed E-state index contributed by atoms with van der Waals surface area (Å²) in [6.07, 6.45) is 2.99. The number of sulfonamides is 1. The van der Waals surface area contributed by atoms with Gasteiger partial charge in [-0.15, -0.1) is 11.3 Å². The molecule has 3 aromatic heterocycles. The van der Waals surface area contributed by atoms with Gasteiger partial charge in [-0.05, 0) is 55.0 Å². The Morgan fingerprint density at radius 3 is 2.43 bits per heavy atom. The van der Waals surface area contributed by atoms with Gasteiger partial charge in [-0.1, -0.05) is 6.07 Å². The second kappa shape index (κ2) is 9.99. The number of nitrogens with zero attached hydrogens (tertiary/aromatic N) is 4. The minimum Gasteiger partial charge on any atom is -0.493 e. The van der Waals surface area contributed by atoms with Crippen molar-refractivity contribution in [3.05, 3.63) is 72.1 Å². The maximum absolute atomic E-state index is 12.8. The topological polar surface area (TPSA) is 128 Å². The van der Waals surface area contributed by atoms with E-state index in [-0.39, 0.29) is 10.8 Å². The summed E-state index contributed by atoms with van der Waals surface area (Å²) in [6.45, 7) is 1.76. The molecule has 10 nitrogen and oxygen atoms in total. The lowest BCUT2D eigenvalue weighted by Crippen LogP contribution is -2.15. The molecular weight excluding hydrogens is 512 g/mol. The first-order valence-electron chi connectivity index (χ1n) is 11.0. The minimum absolute atomic E-state index is 0.0192. The molecule has 0 unspecified atom stereocenters. The van der Waals surface area contributed by atoms with E-state index in [9.17, 15) is 8.42 Å². The lowest BCUT2D eigenvalue weighted by molar-refractivity contribution is 0.355. The van der Waals surface area contributed by atoms with Gasteiger partial charge in [0.15, 0.2) is 11.5 Å². The number of aromatic nitrogens is 4. The molecule has 3 heterocycles. The molecule has 5 aromatic rings. The van der Waals surface area contributed by atoms with Gasteiger partial charge in [0.2, 0.25) is 5.95 Å². The highest BCUT2D eigenvalue weighted by Gasteiger charge is 2.18. The van der Waals surface area contributed by atoms with Crippen LogP contribution in [0, 0.1) is 6.92 Å². The molecule has 0 radical (unpaired) electrons. The second-order valence-electron chi connectivity index (χ2n) is 7.90. The number of hydrogen-bond acceptors (Lipinski definition) is 10. The summed E-state index contributed by atoms with van der Waals surface area (Å²) < 4.78 is 38.8. The van der Waals surface area contributed by atoms with Crippen molar-refractivity contribution in [1.29, 1.82) is 0 Å². The molecule has 2 N–H and O–H groups in total. The number of ether oxygens (including phenoxy) is 2. The van der Waals surface area contributed by atoms with Crippen LogP contribution in [0.1, 0.15) is 5.69 Å². The standard InChI is InChI=1S/C25H22N6O4S2/c1-15-10-11-26-25(29-15)31-37(32,33)18-7-5-17(6-8-18)30-23-22-19(13-36-24(22)28-14-27-23)16-4-9-20(34-2)21(12-16)35-3/h4-14H,1-3H3,(H,26,29,31)(H,27,28,30). The third-order valence-electron chi connectivity index (χ3n) is 5.51. The van der Waals surface area contributed by atoms with E-state index in [1.165, 1.54) is 36.0 Å². The number of methoxy groups -OCH3 is 2. The van der Waals surface area contributed by atoms with Gasteiger partial charge < -0.3 is 14.8 Å². The molecule has 188 valence electrons. The van der Waals surface area contributed by atoms with Crippen LogP contribution in [0.15, 0.2) is 71.3 Å². The highest BCUT2D eigenvalue weighted by molar-refractivity contribution is 7.92. The van der Waals surface area contributed by atoms with Crippen LogP contribution < -0.4 is 19.5 Å². The van der Waals surface area contributed by atoms with E-state index >= 15 is 0 Å². The fraction of sp³-hybridized carbons (Fsp3) is 0.120. The number of thiophene rings is 1. The number of rotatable bonds is 8. The Hall–Kier alpha value is -4.29. The zero-order valence-electron chi connectivity index (χ0n) is 20.1. The Morgan fingerprint density at radius 2 is 1.70 bits per heavy atom. The maximum Gasteiger partial charge on any atom is 0.264 e. The molecule has 0 aliphatic rings. The van der Waals surface area contributed by atoms with E-state index < -0.39 is 10.0 Å². The molecule has 37 heavy (non-hydrogen) atoms. The number of benzene rings is 2. The molecule has 0 saturated heterocycles. The third-order valence-corrected chi connectivity index (χ3v) is 7.74. The van der Waals surface area contributed by atoms with Crippen LogP contribution in [-0.4, -0.2) is 42.6 Å². The van der Waals surface area contributed by atoms with Crippen molar-refractivity contribution in [2.75, 3.05) is 24.3 Å². The van der Waals surface area contributed by atoms with Crippen molar-refractivity contribution in [1.82, 2.24) is 19.9 Å². The SMILES string of the molecule is COc1ccc(-c2csc3ncnc(Nc4ccc(S(=O)(=O)Nc5nccc(C)n5)cc4)c23)cc1OC. The summed E-state index contributed by atoms with van der Waals surface area (Å²) in [5, 5.41) is 6.15. The Bertz CT molecular complexity index is 1690. The molecule has 5 rings (SSSR count). The van der Waals surface area contributed by atoms with Gasteiger partial charge in [0.25, 0.3) is 10.0 Å². The maximum atomic E-state index is 12.8. The summed E-state index contributed by atoms with van der Waals surface area (Å²) >= 11 is 1.50. The van der Waals surface area contributed by atoms with Crippen molar-refractivity contribution in [2.45, 2.75) is 11.8 Å². The number of aryl methyl sites for hydroxylation is 1. The van der Waals surface area contributed by atoms with Gasteiger partial charge in [0, 0.05) is 28.5 Å². The molecule has 0 atom stereocenters. The Morgan fingerprint density at radius 1 is 0.919 bits per heavy atom. The van der Waals surface area contributed by atoms with Gasteiger partial charge >= 0.3 is 0 Å². The first kappa shape index (κ1) is 24.4. The summed E-state index contributed by atoms with van der Waals surface area (Å²) in [5.74, 6) is 1.87. The largest absolute Gasteiger partial charge is 0.493 e. The van der Waals surface area contributed by atoms with Crippen molar-refractivity contribution >= 4 is 49.0 Å². The average molecular weight is 535 g/mol. The first-order chi connectivity index (χ1) is 17.9. The van der Waals surface area contributed by atoms with Crippen molar-refractivity contribution in [3.63, 3.8) is 0 Å². The second-order valence-corrected chi connectivity index (χ2v) is 10.4. The van der Waals surface area contributed by atoms with Gasteiger partial charge in [-0.3, -0.25) is 0 Å². The van der Waals surface area contributed by atoms with Crippen LogP contribution in [0.5, 0.6) is 11.5 Å². The fourth-order valence-corrected chi connectivity index (χ4v) is 5.58. The van der Waals surface area contributed by atoms with Crippen molar-refractivity contribution in [3.8, 4) is 22.6 Å². The zero-order chi connectivity index (χ0) is 26.0. The van der Waals surface area contributed by atoms with Gasteiger partial charge in [0.1, 0.15) is 17.0 Å². The quantitative estimate of drug-likeness (QED) is 0.282. The minimum atomic E-state index is -3.85. The summed E-state index contributed by atoms with van der Waals surface area (Å²) in [7, 11) is -0.662. The van der Waals surface area contributed by atoms with Crippen molar-refractivity contribution < 1.29 is 17.9 Å². The van der Waals surface area contributed by atoms with E-state index in [2.05, 4.69) is 30.0 Å². The first-order valence-corrected chi connectivity index (χ1v) is 13.4. The smallest absolute Gasteiger partial charge is 0.264 e. The molecule has 0 saturated carbocycles. The molecule has 0 aliphatic carbocycles. The zero-order valence-corrected chi connectivity index (χ0v) is 21.7. The lowest BCUT2D eigenvalue weighted by Gasteiger charge is -2.11. The van der Waals surface area contributed by atoms with E-state index in [1.807, 2.05) is 23.6 Å². The molecule has 2 aromatic carbocycles. The molecule has 0 bridgehead atoms. The highest BCUT2D eigenvalue weighted by Crippen LogP contribution is 2.40. The van der Waals surface area contributed by atoms with Crippen LogP contribution in [0.25, 0.3) is 21.3 Å². The normalized spacial score (nSPS) is 11.3. The van der Waals surface area contributed by atoms with E-state index in [4.69, 9.17) is 9.47 Å². The Labute approximate surface area is 217 Å². The van der Waals surface area contributed by atoms with Crippen molar-refractivity contribution in [2.24, 2.45) is 0 Å². The Balaban J connectivity index is 1.44. The molecule has 0 amide bonds. The van der Waals surface area contributed by atoms with Gasteiger partial charge in [0.05, 0.1) is 24.5 Å². The highest BCUT2D eigenvalue weighted by atomic mass is 32.2. The van der Waals surface area contributed by atoms with E-state index in [0.717, 1.165) is 21.3 Å². The molecule has 0 fully saturated rings. The number of nitrogens with one attached hydrogen (secondary N) is 2. The molecule has 0 spiro atoms. The monoisotopic (exact) mass is 534 g/mol. The van der Waals surface area contributed by atoms with Crippen LogP contribution in [0.4, 0.5) is 17.5 Å². The van der Waals surface area contributed by atoms with E-state index in [0.29, 0.717) is 28.7 Å². The third kappa shape index (κ3) is 5.01. The average Bonchev–Trinajstić information content (AvgIpc) is 3.34. The van der Waals surface area contributed by atoms with E-state index in [1.54, 1.807) is 39.3 Å². The fourth-order valence-electron chi connectivity index (χ4n) is 3.72. The predicted octanol–water partition coefficient (Wildman–Crippen LogP) is 5.02. The van der Waals surface area contributed by atoms with Crippen LogP contribution in [0.2, 0.25) is 0 Å². The summed E-state index contributed by atoms with van der Waals surface area (Å²) in [5.41, 5.74) is 3.18. The van der Waals surface area contributed by atoms with Crippen LogP contribution in [-0.2, 0) is 10.0 Å². The number of fused-ring (bicyclic) bond motifs is 1. The van der Waals surface area contributed by atoms with Crippen LogP contribution >= 0.6 is 11.3 Å². The molecule has 12 heteroatoms. The van der Waals surface area contributed by atoms with Gasteiger partial charge in [-0.25, -0.2) is 33.1 Å². The Kier molecular flexibility index (Phi) is 6.59. The van der Waals surface area contributed by atoms with Gasteiger partial charge in [-0.2, -0.15) is 0 Å². The molecule has 0 aliphatic heterocycles. The predicted molar refractivity (Wildman–Crippen MR) is 143 cm³/mol. The summed E-state index contributed by atoms with van der Waals surface area (Å²) in [4.78, 5) is 17.8. The molecular formula is C25H22N6O4S2. The number of anilines is 3. The number of hydrogen-bond donors (Lipinski definition) is 2. The summed E-state index contributed by atoms with van der Waals surface area (Å²) in [6, 6.07) is 13.7. The lowest BCUT2D eigenvalue weighted by atomic mass is 10.1.